The van der Waals surface area contributed by atoms with Crippen LogP contribution in [0.5, 0.6) is 0 Å². The van der Waals surface area contributed by atoms with E-state index in [4.69, 9.17) is 0 Å². The summed E-state index contributed by atoms with van der Waals surface area (Å²) in [6.07, 6.45) is 0. The Morgan fingerprint density at radius 1 is 1.38 bits per heavy atom. The molecule has 1 aliphatic rings. The topological polar surface area (TPSA) is 24.1 Å². The monoisotopic (exact) mass is 352 g/mol. The van der Waals surface area contributed by atoms with Crippen LogP contribution in [0.15, 0.2) is 28.7 Å². The number of alkyl halides is 1. The van der Waals surface area contributed by atoms with Gasteiger partial charge in [0, 0.05) is 14.9 Å². The third-order valence-corrected chi connectivity index (χ3v) is 4.04. The van der Waals surface area contributed by atoms with Crippen LogP contribution in [0.4, 0.5) is 0 Å². The fourth-order valence-electron chi connectivity index (χ4n) is 1.47. The molecule has 1 heterocycles. The Labute approximate surface area is 99.7 Å². The summed E-state index contributed by atoms with van der Waals surface area (Å²) < 4.78 is 1.79. The van der Waals surface area contributed by atoms with Crippen molar-refractivity contribution in [1.29, 1.82) is 0 Å². The number of benzene rings is 1. The molecule has 4 heteroatoms. The van der Waals surface area contributed by atoms with E-state index in [1.54, 1.807) is 0 Å². The lowest BCUT2D eigenvalue weighted by molar-refractivity contribution is 0.585. The molecule has 2 N–H and O–H groups in total. The molecule has 0 spiro atoms. The highest BCUT2D eigenvalue weighted by atomic mass is 127. The van der Waals surface area contributed by atoms with Crippen LogP contribution in [0.1, 0.15) is 11.6 Å². The third kappa shape index (κ3) is 2.06. The molecule has 0 amide bonds. The van der Waals surface area contributed by atoms with Crippen molar-refractivity contribution in [2.24, 2.45) is 0 Å². The SMILES string of the molecule is Brc1ccccc1C1NNCC1I. The van der Waals surface area contributed by atoms with Crippen LogP contribution in [0.25, 0.3) is 0 Å². The first-order chi connectivity index (χ1) is 6.29. The van der Waals surface area contributed by atoms with Gasteiger partial charge in [-0.15, -0.1) is 0 Å². The minimum absolute atomic E-state index is 0.413. The third-order valence-electron chi connectivity index (χ3n) is 2.16. The standard InChI is InChI=1S/C9H10BrIN2/c10-7-4-2-1-3-6(7)9-8(11)5-12-13-9/h1-4,8-9,12-13H,5H2. The van der Waals surface area contributed by atoms with E-state index in [0.29, 0.717) is 9.97 Å². The molecule has 13 heavy (non-hydrogen) atoms. The highest BCUT2D eigenvalue weighted by Gasteiger charge is 2.26. The maximum absolute atomic E-state index is 3.56. The quantitative estimate of drug-likeness (QED) is 0.599. The zero-order valence-corrected chi connectivity index (χ0v) is 10.7. The van der Waals surface area contributed by atoms with Gasteiger partial charge in [0.05, 0.1) is 6.04 Å². The Hall–Kier alpha value is 0.350. The van der Waals surface area contributed by atoms with Gasteiger partial charge in [-0.1, -0.05) is 56.7 Å². The summed E-state index contributed by atoms with van der Waals surface area (Å²) in [6.45, 7) is 1.02. The van der Waals surface area contributed by atoms with Gasteiger partial charge in [0.1, 0.15) is 0 Å². The number of rotatable bonds is 1. The lowest BCUT2D eigenvalue weighted by atomic mass is 10.1. The van der Waals surface area contributed by atoms with Crippen LogP contribution in [-0.4, -0.2) is 10.5 Å². The van der Waals surface area contributed by atoms with Gasteiger partial charge in [-0.05, 0) is 11.6 Å². The summed E-state index contributed by atoms with van der Waals surface area (Å²) in [7, 11) is 0. The Morgan fingerprint density at radius 2 is 2.15 bits per heavy atom. The second kappa shape index (κ2) is 4.25. The van der Waals surface area contributed by atoms with Gasteiger partial charge in [0.25, 0.3) is 0 Å². The van der Waals surface area contributed by atoms with Crippen LogP contribution in [-0.2, 0) is 0 Å². The molecule has 0 aromatic heterocycles. The molecule has 1 fully saturated rings. The van der Waals surface area contributed by atoms with E-state index >= 15 is 0 Å². The van der Waals surface area contributed by atoms with Gasteiger partial charge in [0.2, 0.25) is 0 Å². The maximum Gasteiger partial charge on any atom is 0.0603 e. The van der Waals surface area contributed by atoms with Gasteiger partial charge in [-0.2, -0.15) is 0 Å². The highest BCUT2D eigenvalue weighted by Crippen LogP contribution is 2.30. The van der Waals surface area contributed by atoms with Crippen molar-refractivity contribution in [1.82, 2.24) is 10.9 Å². The zero-order chi connectivity index (χ0) is 9.26. The van der Waals surface area contributed by atoms with Crippen LogP contribution in [0, 0.1) is 0 Å². The highest BCUT2D eigenvalue weighted by molar-refractivity contribution is 14.1. The Balaban J connectivity index is 2.29. The molecule has 1 aromatic rings. The number of hydrogen-bond acceptors (Lipinski definition) is 2. The predicted octanol–water partition coefficient (Wildman–Crippen LogP) is 2.40. The van der Waals surface area contributed by atoms with Gasteiger partial charge >= 0.3 is 0 Å². The summed E-state index contributed by atoms with van der Waals surface area (Å²) in [5, 5.41) is 0. The molecular formula is C9H10BrIN2. The number of nitrogens with one attached hydrogen (secondary N) is 2. The lowest BCUT2D eigenvalue weighted by Crippen LogP contribution is -2.25. The molecule has 1 saturated heterocycles. The molecular weight excluding hydrogens is 343 g/mol. The van der Waals surface area contributed by atoms with E-state index in [0.717, 1.165) is 6.54 Å². The molecule has 0 saturated carbocycles. The molecule has 2 nitrogen and oxygen atoms in total. The molecule has 0 bridgehead atoms. The predicted molar refractivity (Wildman–Crippen MR) is 65.8 cm³/mol. The maximum atomic E-state index is 3.56. The van der Waals surface area contributed by atoms with Gasteiger partial charge in [-0.3, -0.25) is 5.43 Å². The number of hydrogen-bond donors (Lipinski definition) is 2. The normalized spacial score (nSPS) is 27.8. The van der Waals surface area contributed by atoms with Crippen molar-refractivity contribution in [2.45, 2.75) is 9.97 Å². The van der Waals surface area contributed by atoms with Crippen molar-refractivity contribution < 1.29 is 0 Å². The number of hydrazine groups is 1. The fraction of sp³-hybridized carbons (Fsp3) is 0.333. The van der Waals surface area contributed by atoms with E-state index in [-0.39, 0.29) is 0 Å². The smallest absolute Gasteiger partial charge is 0.0603 e. The summed E-state index contributed by atoms with van der Waals surface area (Å²) in [5.41, 5.74) is 7.77. The largest absolute Gasteiger partial charge is 0.256 e. The van der Waals surface area contributed by atoms with E-state index in [1.165, 1.54) is 10.0 Å². The van der Waals surface area contributed by atoms with Crippen molar-refractivity contribution in [3.63, 3.8) is 0 Å². The van der Waals surface area contributed by atoms with Crippen molar-refractivity contribution >= 4 is 38.5 Å². The summed E-state index contributed by atoms with van der Waals surface area (Å²) in [4.78, 5) is 0. The van der Waals surface area contributed by atoms with Gasteiger partial charge in [0.15, 0.2) is 0 Å². The van der Waals surface area contributed by atoms with Crippen LogP contribution >= 0.6 is 38.5 Å². The second-order valence-corrected chi connectivity index (χ2v) is 5.49. The average molecular weight is 353 g/mol. The fourth-order valence-corrected chi connectivity index (χ4v) is 2.79. The van der Waals surface area contributed by atoms with E-state index in [1.807, 2.05) is 6.07 Å². The first-order valence-corrected chi connectivity index (χ1v) is 6.20. The van der Waals surface area contributed by atoms with Gasteiger partial charge in [-0.25, -0.2) is 5.43 Å². The van der Waals surface area contributed by atoms with E-state index in [2.05, 4.69) is 67.6 Å². The van der Waals surface area contributed by atoms with Crippen LogP contribution < -0.4 is 10.9 Å². The Morgan fingerprint density at radius 3 is 2.77 bits per heavy atom. The van der Waals surface area contributed by atoms with Crippen molar-refractivity contribution in [2.75, 3.05) is 6.54 Å². The molecule has 2 atom stereocenters. The first kappa shape index (κ1) is 9.89. The van der Waals surface area contributed by atoms with Crippen LogP contribution in [0.2, 0.25) is 0 Å². The lowest BCUT2D eigenvalue weighted by Gasteiger charge is -2.15. The second-order valence-electron chi connectivity index (χ2n) is 3.04. The van der Waals surface area contributed by atoms with Crippen LogP contribution in [0.3, 0.4) is 0 Å². The molecule has 0 radical (unpaired) electrons. The molecule has 1 aliphatic heterocycles. The van der Waals surface area contributed by atoms with E-state index in [9.17, 15) is 0 Å². The summed E-state index contributed by atoms with van der Waals surface area (Å²) in [5.74, 6) is 0. The molecule has 2 unspecified atom stereocenters. The minimum Gasteiger partial charge on any atom is -0.256 e. The molecule has 1 aromatic carbocycles. The average Bonchev–Trinajstić information content (AvgIpc) is 2.52. The molecule has 0 aliphatic carbocycles. The van der Waals surface area contributed by atoms with Crippen molar-refractivity contribution in [3.05, 3.63) is 34.3 Å². The van der Waals surface area contributed by atoms with E-state index < -0.39 is 0 Å². The summed E-state index contributed by atoms with van der Waals surface area (Å²) >= 11 is 6.03. The Bertz CT molecular complexity index is 305. The molecule has 2 rings (SSSR count). The van der Waals surface area contributed by atoms with Crippen molar-refractivity contribution in [3.8, 4) is 0 Å². The first-order valence-electron chi connectivity index (χ1n) is 4.16. The Kier molecular flexibility index (Phi) is 3.23. The minimum atomic E-state index is 0.413. The zero-order valence-electron chi connectivity index (χ0n) is 6.93. The van der Waals surface area contributed by atoms with Gasteiger partial charge < -0.3 is 0 Å². The number of halogens is 2. The molecule has 70 valence electrons. The summed E-state index contributed by atoms with van der Waals surface area (Å²) in [6, 6.07) is 8.76.